The molecule has 3 atom stereocenters. The molecule has 1 aromatic carbocycles. The smallest absolute Gasteiger partial charge is 0.414 e. The number of rotatable bonds is 3. The molecule has 2 saturated carbocycles. The van der Waals surface area contributed by atoms with Gasteiger partial charge in [-0.3, -0.25) is 10.1 Å². The fourth-order valence-electron chi connectivity index (χ4n) is 4.03. The number of nitrogens with one attached hydrogen (secondary N) is 1. The minimum Gasteiger partial charge on any atom is -0.443 e. The Morgan fingerprint density at radius 3 is 2.48 bits per heavy atom. The number of benzene rings is 1. The summed E-state index contributed by atoms with van der Waals surface area (Å²) in [6.07, 6.45) is 1.88. The van der Waals surface area contributed by atoms with E-state index in [1.807, 2.05) is 13.8 Å². The molecule has 0 saturated heterocycles. The summed E-state index contributed by atoms with van der Waals surface area (Å²) < 4.78 is 4.90. The molecule has 2 aliphatic rings. The van der Waals surface area contributed by atoms with Gasteiger partial charge >= 0.3 is 6.09 Å². The van der Waals surface area contributed by atoms with Crippen LogP contribution in [0.3, 0.4) is 0 Å². The van der Waals surface area contributed by atoms with Crippen LogP contribution in [0.25, 0.3) is 0 Å². The Bertz CT molecular complexity index is 689. The van der Waals surface area contributed by atoms with Gasteiger partial charge in [-0.15, -0.1) is 23.2 Å². The van der Waals surface area contributed by atoms with Crippen LogP contribution in [0.1, 0.15) is 50.4 Å². The standard InChI is InChI=1S/C19H23Cl2NO3/c1-17(2,13-9-10-18(3)14(11-13)19(18,20)21)25-16(24)22-15(23)12-7-5-4-6-8-12/h4-8,13-14H,9-11H2,1-3H3,(H,22,23,24). The van der Waals surface area contributed by atoms with Gasteiger partial charge in [0.15, 0.2) is 0 Å². The number of alkyl carbamates (subject to hydrolysis) is 1. The molecule has 0 aromatic heterocycles. The highest BCUT2D eigenvalue weighted by molar-refractivity contribution is 6.51. The van der Waals surface area contributed by atoms with Crippen molar-refractivity contribution >= 4 is 35.2 Å². The Morgan fingerprint density at radius 2 is 1.88 bits per heavy atom. The van der Waals surface area contributed by atoms with Crippen LogP contribution >= 0.6 is 23.2 Å². The lowest BCUT2D eigenvalue weighted by molar-refractivity contribution is -0.0226. The second kappa shape index (κ2) is 6.17. The number of hydrogen-bond donors (Lipinski definition) is 1. The number of amides is 2. The first-order chi connectivity index (χ1) is 11.6. The molecule has 3 rings (SSSR count). The van der Waals surface area contributed by atoms with E-state index < -0.39 is 21.9 Å². The Morgan fingerprint density at radius 1 is 1.24 bits per heavy atom. The van der Waals surface area contributed by atoms with Crippen molar-refractivity contribution in [3.63, 3.8) is 0 Å². The van der Waals surface area contributed by atoms with E-state index in [0.717, 1.165) is 19.3 Å². The number of hydrogen-bond acceptors (Lipinski definition) is 3. The number of alkyl halides is 2. The molecule has 25 heavy (non-hydrogen) atoms. The van der Waals surface area contributed by atoms with E-state index in [1.54, 1.807) is 30.3 Å². The first-order valence-corrected chi connectivity index (χ1v) is 9.31. The second-order valence-corrected chi connectivity index (χ2v) is 9.26. The normalized spacial score (nSPS) is 30.1. The molecule has 0 aliphatic heterocycles. The van der Waals surface area contributed by atoms with E-state index >= 15 is 0 Å². The molecule has 1 N–H and O–H groups in total. The highest BCUT2D eigenvalue weighted by Gasteiger charge is 2.74. The van der Waals surface area contributed by atoms with Gasteiger partial charge in [0.25, 0.3) is 5.91 Å². The van der Waals surface area contributed by atoms with Crippen LogP contribution in [-0.2, 0) is 4.74 Å². The molecular weight excluding hydrogens is 361 g/mol. The van der Waals surface area contributed by atoms with Gasteiger partial charge in [-0.25, -0.2) is 4.79 Å². The summed E-state index contributed by atoms with van der Waals surface area (Å²) in [5, 5.41) is 2.28. The van der Waals surface area contributed by atoms with Gasteiger partial charge in [0.1, 0.15) is 9.93 Å². The average Bonchev–Trinajstić information content (AvgIpc) is 2.99. The Kier molecular flexibility index (Phi) is 4.57. The third-order valence-corrected chi connectivity index (χ3v) is 7.40. The third kappa shape index (κ3) is 3.26. The summed E-state index contributed by atoms with van der Waals surface area (Å²) >= 11 is 12.8. The predicted octanol–water partition coefficient (Wildman–Crippen LogP) is 4.94. The van der Waals surface area contributed by atoms with E-state index in [4.69, 9.17) is 27.9 Å². The quantitative estimate of drug-likeness (QED) is 0.751. The minimum atomic E-state index is -0.731. The van der Waals surface area contributed by atoms with Gasteiger partial charge in [-0.05, 0) is 51.2 Å². The monoisotopic (exact) mass is 383 g/mol. The highest BCUT2D eigenvalue weighted by atomic mass is 35.5. The molecule has 136 valence electrons. The van der Waals surface area contributed by atoms with E-state index in [1.165, 1.54) is 0 Å². The number of halogens is 2. The molecule has 2 amide bonds. The zero-order chi connectivity index (χ0) is 18.5. The summed E-state index contributed by atoms with van der Waals surface area (Å²) in [6.45, 7) is 5.87. The maximum Gasteiger partial charge on any atom is 0.414 e. The van der Waals surface area contributed by atoms with Crippen LogP contribution in [0.2, 0.25) is 0 Å². The Labute approximate surface area is 158 Å². The van der Waals surface area contributed by atoms with Crippen LogP contribution in [0.5, 0.6) is 0 Å². The number of ether oxygens (including phenoxy) is 1. The SMILES string of the molecule is CC(C)(OC(=O)NC(=O)c1ccccc1)C1CCC2(C)C(C1)C2(Cl)Cl. The van der Waals surface area contributed by atoms with Gasteiger partial charge in [-0.1, -0.05) is 25.1 Å². The second-order valence-electron chi connectivity index (χ2n) is 7.88. The zero-order valence-corrected chi connectivity index (χ0v) is 16.2. The molecule has 0 heterocycles. The van der Waals surface area contributed by atoms with Crippen molar-refractivity contribution in [2.45, 2.75) is 50.0 Å². The van der Waals surface area contributed by atoms with E-state index in [0.29, 0.717) is 5.56 Å². The first kappa shape index (κ1) is 18.5. The van der Waals surface area contributed by atoms with Crippen LogP contribution < -0.4 is 5.32 Å². The van der Waals surface area contributed by atoms with Crippen molar-refractivity contribution in [2.24, 2.45) is 17.3 Å². The maximum atomic E-state index is 12.2. The number of carbonyl (C=O) groups excluding carboxylic acids is 2. The molecule has 0 radical (unpaired) electrons. The van der Waals surface area contributed by atoms with Gasteiger partial charge in [0.05, 0.1) is 0 Å². The Balaban J connectivity index is 1.58. The van der Waals surface area contributed by atoms with Crippen molar-refractivity contribution in [1.82, 2.24) is 5.32 Å². The van der Waals surface area contributed by atoms with Crippen LogP contribution in [0.4, 0.5) is 4.79 Å². The summed E-state index contributed by atoms with van der Waals surface area (Å²) in [4.78, 5) is 24.2. The van der Waals surface area contributed by atoms with Gasteiger partial charge in [0.2, 0.25) is 0 Å². The van der Waals surface area contributed by atoms with E-state index in [2.05, 4.69) is 12.2 Å². The predicted molar refractivity (Wildman–Crippen MR) is 97.8 cm³/mol. The van der Waals surface area contributed by atoms with Crippen LogP contribution in [0, 0.1) is 17.3 Å². The van der Waals surface area contributed by atoms with Crippen molar-refractivity contribution < 1.29 is 14.3 Å². The molecule has 0 bridgehead atoms. The Hall–Kier alpha value is -1.26. The molecule has 1 aromatic rings. The minimum absolute atomic E-state index is 0.0335. The molecule has 6 heteroatoms. The van der Waals surface area contributed by atoms with Gasteiger partial charge in [0, 0.05) is 16.9 Å². The molecule has 3 unspecified atom stereocenters. The maximum absolute atomic E-state index is 12.2. The topological polar surface area (TPSA) is 55.4 Å². The summed E-state index contributed by atoms with van der Waals surface area (Å²) in [6, 6.07) is 8.57. The summed E-state index contributed by atoms with van der Waals surface area (Å²) in [5.74, 6) is -0.0955. The lowest BCUT2D eigenvalue weighted by atomic mass is 9.75. The van der Waals surface area contributed by atoms with E-state index in [9.17, 15) is 9.59 Å². The lowest BCUT2D eigenvalue weighted by Crippen LogP contribution is -2.43. The average molecular weight is 384 g/mol. The fourth-order valence-corrected chi connectivity index (χ4v) is 5.04. The molecule has 2 fully saturated rings. The number of fused-ring (bicyclic) bond motifs is 1. The van der Waals surface area contributed by atoms with Crippen molar-refractivity contribution in [2.75, 3.05) is 0 Å². The van der Waals surface area contributed by atoms with Crippen molar-refractivity contribution in [3.8, 4) is 0 Å². The molecule has 2 aliphatic carbocycles. The van der Waals surface area contributed by atoms with Crippen LogP contribution in [0.15, 0.2) is 30.3 Å². The fraction of sp³-hybridized carbons (Fsp3) is 0.579. The van der Waals surface area contributed by atoms with Crippen LogP contribution in [-0.4, -0.2) is 21.9 Å². The summed E-state index contributed by atoms with van der Waals surface area (Å²) in [5.41, 5.74) is -0.319. The number of carbonyl (C=O) groups is 2. The third-order valence-electron chi connectivity index (χ3n) is 6.01. The largest absolute Gasteiger partial charge is 0.443 e. The van der Waals surface area contributed by atoms with Gasteiger partial charge < -0.3 is 4.74 Å². The molecule has 4 nitrogen and oxygen atoms in total. The van der Waals surface area contributed by atoms with E-state index in [-0.39, 0.29) is 17.3 Å². The van der Waals surface area contributed by atoms with Crippen molar-refractivity contribution in [1.29, 1.82) is 0 Å². The number of imide groups is 1. The molecule has 0 spiro atoms. The highest BCUT2D eigenvalue weighted by Crippen LogP contribution is 2.75. The lowest BCUT2D eigenvalue weighted by Gasteiger charge is -2.37. The van der Waals surface area contributed by atoms with Crippen molar-refractivity contribution in [3.05, 3.63) is 35.9 Å². The first-order valence-electron chi connectivity index (χ1n) is 8.55. The molecular formula is C19H23Cl2NO3. The van der Waals surface area contributed by atoms with Gasteiger partial charge in [-0.2, -0.15) is 0 Å². The summed E-state index contributed by atoms with van der Waals surface area (Å²) in [7, 11) is 0. The zero-order valence-electron chi connectivity index (χ0n) is 14.6.